The van der Waals surface area contributed by atoms with Crippen molar-refractivity contribution < 1.29 is 13.2 Å². The summed E-state index contributed by atoms with van der Waals surface area (Å²) in [6.07, 6.45) is -2.34. The first kappa shape index (κ1) is 13.9. The van der Waals surface area contributed by atoms with Crippen molar-refractivity contribution in [3.8, 4) is 0 Å². The maximum absolute atomic E-state index is 12.8. The first-order chi connectivity index (χ1) is 8.90. The number of alkyl halides is 3. The van der Waals surface area contributed by atoms with E-state index in [1.165, 1.54) is 0 Å². The molecule has 0 amide bonds. The number of nitrogens with two attached hydrogens (primary N) is 1. The summed E-state index contributed by atoms with van der Waals surface area (Å²) in [5.74, 6) is 6.01. The highest BCUT2D eigenvalue weighted by molar-refractivity contribution is 5.51. The molecule has 1 atom stereocenters. The van der Waals surface area contributed by atoms with Crippen LogP contribution in [0.5, 0.6) is 0 Å². The van der Waals surface area contributed by atoms with Crippen LogP contribution in [0.4, 0.5) is 24.8 Å². The van der Waals surface area contributed by atoms with Crippen molar-refractivity contribution in [2.75, 3.05) is 23.4 Å². The van der Waals surface area contributed by atoms with Gasteiger partial charge in [0.25, 0.3) is 0 Å². The first-order valence-electron chi connectivity index (χ1n) is 6.21. The maximum Gasteiger partial charge on any atom is 0.416 e. The second kappa shape index (κ2) is 5.24. The van der Waals surface area contributed by atoms with Crippen molar-refractivity contribution in [3.05, 3.63) is 17.7 Å². The predicted octanol–water partition coefficient (Wildman–Crippen LogP) is 2.62. The van der Waals surface area contributed by atoms with Gasteiger partial charge in [-0.2, -0.15) is 13.2 Å². The number of anilines is 2. The van der Waals surface area contributed by atoms with E-state index in [-0.39, 0.29) is 5.82 Å². The Labute approximate surface area is 109 Å². The molecule has 106 valence electrons. The Morgan fingerprint density at radius 2 is 2.16 bits per heavy atom. The van der Waals surface area contributed by atoms with Crippen molar-refractivity contribution in [1.29, 1.82) is 0 Å². The molecular weight excluding hydrogens is 257 g/mol. The van der Waals surface area contributed by atoms with Gasteiger partial charge in [-0.05, 0) is 30.9 Å². The number of hydrazine groups is 1. The highest BCUT2D eigenvalue weighted by Crippen LogP contribution is 2.33. The number of nitrogen functional groups attached to an aromatic ring is 1. The Bertz CT molecular complexity index is 447. The van der Waals surface area contributed by atoms with Crippen LogP contribution in [0.2, 0.25) is 0 Å². The minimum Gasteiger partial charge on any atom is -0.356 e. The van der Waals surface area contributed by atoms with Gasteiger partial charge in [0, 0.05) is 13.1 Å². The number of hydrogen-bond acceptors (Lipinski definition) is 4. The highest BCUT2D eigenvalue weighted by atomic mass is 19.4. The molecular formula is C12H17F3N4. The number of halogens is 3. The summed E-state index contributed by atoms with van der Waals surface area (Å²) in [4.78, 5) is 5.99. The Morgan fingerprint density at radius 1 is 1.42 bits per heavy atom. The number of rotatable bonds is 2. The van der Waals surface area contributed by atoms with Gasteiger partial charge in [0.15, 0.2) is 0 Å². The normalized spacial score (nSPS) is 20.5. The molecule has 19 heavy (non-hydrogen) atoms. The van der Waals surface area contributed by atoms with Crippen LogP contribution in [0, 0.1) is 5.92 Å². The van der Waals surface area contributed by atoms with Crippen LogP contribution in [-0.4, -0.2) is 18.1 Å². The van der Waals surface area contributed by atoms with E-state index < -0.39 is 11.7 Å². The SMILES string of the molecule is CC1CCCN(c2cc(C(F)(F)F)cc(NN)n2)C1. The lowest BCUT2D eigenvalue weighted by molar-refractivity contribution is -0.137. The summed E-state index contributed by atoms with van der Waals surface area (Å²) in [6.45, 7) is 3.53. The van der Waals surface area contributed by atoms with E-state index in [0.29, 0.717) is 11.7 Å². The van der Waals surface area contributed by atoms with E-state index in [1.54, 1.807) is 0 Å². The molecule has 0 saturated carbocycles. The lowest BCUT2D eigenvalue weighted by atomic mass is 10.0. The molecule has 0 bridgehead atoms. The average molecular weight is 274 g/mol. The molecule has 1 aromatic heterocycles. The van der Waals surface area contributed by atoms with Gasteiger partial charge < -0.3 is 10.3 Å². The van der Waals surface area contributed by atoms with E-state index >= 15 is 0 Å². The minimum atomic E-state index is -4.40. The zero-order valence-electron chi connectivity index (χ0n) is 10.7. The molecule has 3 N–H and O–H groups in total. The molecule has 2 rings (SSSR count). The fourth-order valence-corrected chi connectivity index (χ4v) is 2.31. The largest absolute Gasteiger partial charge is 0.416 e. The van der Waals surface area contributed by atoms with E-state index in [1.807, 2.05) is 4.90 Å². The molecule has 1 aliphatic heterocycles. The molecule has 1 aromatic rings. The molecule has 0 radical (unpaired) electrons. The lowest BCUT2D eigenvalue weighted by Gasteiger charge is -2.32. The Balaban J connectivity index is 2.34. The van der Waals surface area contributed by atoms with Gasteiger partial charge in [0.1, 0.15) is 11.6 Å². The van der Waals surface area contributed by atoms with Crippen molar-refractivity contribution >= 4 is 11.6 Å². The average Bonchev–Trinajstić information content (AvgIpc) is 2.37. The summed E-state index contributed by atoms with van der Waals surface area (Å²) < 4.78 is 38.4. The standard InChI is InChI=1S/C12H17F3N4/c1-8-3-2-4-19(7-8)11-6-9(12(13,14)15)5-10(17-11)18-16/h5-6,8H,2-4,7,16H2,1H3,(H,17,18). The molecule has 1 aliphatic rings. The second-order valence-corrected chi connectivity index (χ2v) is 4.93. The smallest absolute Gasteiger partial charge is 0.356 e. The molecule has 1 unspecified atom stereocenters. The van der Waals surface area contributed by atoms with Crippen LogP contribution in [-0.2, 0) is 6.18 Å². The van der Waals surface area contributed by atoms with Crippen molar-refractivity contribution in [2.24, 2.45) is 11.8 Å². The maximum atomic E-state index is 12.8. The van der Waals surface area contributed by atoms with E-state index in [9.17, 15) is 13.2 Å². The Kier molecular flexibility index (Phi) is 3.84. The van der Waals surface area contributed by atoms with Crippen LogP contribution in [0.15, 0.2) is 12.1 Å². The Hall–Kier alpha value is -1.50. The number of pyridine rings is 1. The zero-order valence-corrected chi connectivity index (χ0v) is 10.7. The molecule has 0 aliphatic carbocycles. The molecule has 2 heterocycles. The third-order valence-electron chi connectivity index (χ3n) is 3.27. The molecule has 7 heteroatoms. The van der Waals surface area contributed by atoms with Crippen LogP contribution in [0.1, 0.15) is 25.3 Å². The van der Waals surface area contributed by atoms with Gasteiger partial charge in [-0.3, -0.25) is 0 Å². The monoisotopic (exact) mass is 274 g/mol. The van der Waals surface area contributed by atoms with Crippen LogP contribution in [0.3, 0.4) is 0 Å². The minimum absolute atomic E-state index is 0.0306. The van der Waals surface area contributed by atoms with Gasteiger partial charge in [0.05, 0.1) is 5.56 Å². The number of nitrogens with zero attached hydrogens (tertiary/aromatic N) is 2. The van der Waals surface area contributed by atoms with Gasteiger partial charge in [0.2, 0.25) is 0 Å². The quantitative estimate of drug-likeness (QED) is 0.643. The summed E-state index contributed by atoms with van der Waals surface area (Å²) in [5, 5.41) is 0. The van der Waals surface area contributed by atoms with Gasteiger partial charge >= 0.3 is 6.18 Å². The lowest BCUT2D eigenvalue weighted by Crippen LogP contribution is -2.35. The second-order valence-electron chi connectivity index (χ2n) is 4.93. The molecule has 1 fully saturated rings. The summed E-state index contributed by atoms with van der Waals surface area (Å²) in [5.41, 5.74) is 1.46. The summed E-state index contributed by atoms with van der Waals surface area (Å²) in [7, 11) is 0. The van der Waals surface area contributed by atoms with Gasteiger partial charge in [-0.1, -0.05) is 6.92 Å². The van der Waals surface area contributed by atoms with Crippen molar-refractivity contribution in [2.45, 2.75) is 25.9 Å². The predicted molar refractivity (Wildman–Crippen MR) is 67.7 cm³/mol. The zero-order chi connectivity index (χ0) is 14.0. The summed E-state index contributed by atoms with van der Waals surface area (Å²) >= 11 is 0. The van der Waals surface area contributed by atoms with Crippen LogP contribution < -0.4 is 16.2 Å². The fraction of sp³-hybridized carbons (Fsp3) is 0.583. The first-order valence-corrected chi connectivity index (χ1v) is 6.21. The van der Waals surface area contributed by atoms with E-state index in [0.717, 1.165) is 38.1 Å². The van der Waals surface area contributed by atoms with Crippen molar-refractivity contribution in [1.82, 2.24) is 4.98 Å². The van der Waals surface area contributed by atoms with E-state index in [4.69, 9.17) is 5.84 Å². The molecule has 0 aromatic carbocycles. The number of aromatic nitrogens is 1. The third kappa shape index (κ3) is 3.28. The topological polar surface area (TPSA) is 54.2 Å². The van der Waals surface area contributed by atoms with Crippen molar-refractivity contribution in [3.63, 3.8) is 0 Å². The van der Waals surface area contributed by atoms with Gasteiger partial charge in [-0.15, -0.1) is 0 Å². The number of hydrogen-bond donors (Lipinski definition) is 2. The van der Waals surface area contributed by atoms with Crippen LogP contribution >= 0.6 is 0 Å². The Morgan fingerprint density at radius 3 is 2.74 bits per heavy atom. The summed E-state index contributed by atoms with van der Waals surface area (Å²) in [6, 6.07) is 2.00. The number of nitrogens with one attached hydrogen (secondary N) is 1. The molecule has 4 nitrogen and oxygen atoms in total. The molecule has 0 spiro atoms. The van der Waals surface area contributed by atoms with E-state index in [2.05, 4.69) is 17.3 Å². The fourth-order valence-electron chi connectivity index (χ4n) is 2.31. The molecule has 1 saturated heterocycles. The highest BCUT2D eigenvalue weighted by Gasteiger charge is 2.32. The third-order valence-corrected chi connectivity index (χ3v) is 3.27. The van der Waals surface area contributed by atoms with Crippen LogP contribution in [0.25, 0.3) is 0 Å². The van der Waals surface area contributed by atoms with Gasteiger partial charge in [-0.25, -0.2) is 10.8 Å². The number of piperidine rings is 1.